The van der Waals surface area contributed by atoms with Crippen LogP contribution in [0.2, 0.25) is 0 Å². The van der Waals surface area contributed by atoms with Gasteiger partial charge in [-0.15, -0.1) is 0 Å². The van der Waals surface area contributed by atoms with Crippen LogP contribution in [0.15, 0.2) is 18.2 Å². The minimum Gasteiger partial charge on any atom is -0.508 e. The maximum Gasteiger partial charge on any atom is 0.498 e. The van der Waals surface area contributed by atoms with Gasteiger partial charge in [0.2, 0.25) is 5.91 Å². The first-order valence-electron chi connectivity index (χ1n) is 6.58. The van der Waals surface area contributed by atoms with E-state index in [0.717, 1.165) is 0 Å². The lowest BCUT2D eigenvalue weighted by Crippen LogP contribution is -2.41. The van der Waals surface area contributed by atoms with E-state index in [-0.39, 0.29) is 12.2 Å². The van der Waals surface area contributed by atoms with Crippen molar-refractivity contribution in [2.75, 3.05) is 0 Å². The van der Waals surface area contributed by atoms with Gasteiger partial charge in [0, 0.05) is 5.46 Å². The molecule has 108 valence electrons. The zero-order chi connectivity index (χ0) is 15.1. The number of phenolic OH excluding ortho intramolecular Hbond substituents is 1. The second-order valence-corrected chi connectivity index (χ2v) is 6.12. The summed E-state index contributed by atoms with van der Waals surface area (Å²) in [6.45, 7) is 7.80. The van der Waals surface area contributed by atoms with Crippen molar-refractivity contribution in [2.24, 2.45) is 5.73 Å². The van der Waals surface area contributed by atoms with Crippen molar-refractivity contribution in [3.05, 3.63) is 23.8 Å². The van der Waals surface area contributed by atoms with E-state index in [2.05, 4.69) is 0 Å². The van der Waals surface area contributed by atoms with Crippen LogP contribution in [0.25, 0.3) is 0 Å². The predicted octanol–water partition coefficient (Wildman–Crippen LogP) is 0.719. The van der Waals surface area contributed by atoms with Crippen LogP contribution in [-0.2, 0) is 20.5 Å². The number of phenols is 1. The van der Waals surface area contributed by atoms with Gasteiger partial charge in [-0.1, -0.05) is 12.1 Å². The zero-order valence-corrected chi connectivity index (χ0v) is 12.3. The van der Waals surface area contributed by atoms with Crippen LogP contribution >= 0.6 is 0 Å². The summed E-state index contributed by atoms with van der Waals surface area (Å²) in [4.78, 5) is 10.9. The number of nitrogens with two attached hydrogens (primary N) is 1. The molecule has 0 aliphatic carbocycles. The molecule has 0 unspecified atom stereocenters. The van der Waals surface area contributed by atoms with Crippen LogP contribution in [0.3, 0.4) is 0 Å². The summed E-state index contributed by atoms with van der Waals surface area (Å²) in [5.74, 6) is -0.393. The molecule has 20 heavy (non-hydrogen) atoms. The van der Waals surface area contributed by atoms with Crippen molar-refractivity contribution in [2.45, 2.75) is 45.3 Å². The fraction of sp³-hybridized carbons (Fsp3) is 0.500. The third-order valence-corrected chi connectivity index (χ3v) is 3.98. The molecule has 1 aromatic rings. The summed E-state index contributed by atoms with van der Waals surface area (Å²) in [7, 11) is -0.623. The minimum absolute atomic E-state index is 0.0438. The molecule has 0 radical (unpaired) electrons. The number of aromatic hydroxyl groups is 1. The first-order chi connectivity index (χ1) is 9.12. The number of hydrogen-bond acceptors (Lipinski definition) is 4. The van der Waals surface area contributed by atoms with Crippen LogP contribution in [0.1, 0.15) is 33.3 Å². The molecule has 3 N–H and O–H groups in total. The van der Waals surface area contributed by atoms with Crippen molar-refractivity contribution in [3.63, 3.8) is 0 Å². The number of benzene rings is 1. The molecule has 5 nitrogen and oxygen atoms in total. The third-order valence-electron chi connectivity index (χ3n) is 3.98. The largest absolute Gasteiger partial charge is 0.508 e. The van der Waals surface area contributed by atoms with Gasteiger partial charge in [-0.2, -0.15) is 0 Å². The number of carbonyl (C=O) groups excluding carboxylic acids is 1. The highest BCUT2D eigenvalue weighted by atomic mass is 16.7. The van der Waals surface area contributed by atoms with E-state index in [0.29, 0.717) is 11.0 Å². The van der Waals surface area contributed by atoms with Gasteiger partial charge >= 0.3 is 7.12 Å². The third kappa shape index (κ3) is 2.67. The molecule has 1 fully saturated rings. The Hall–Kier alpha value is -1.53. The van der Waals surface area contributed by atoms with E-state index in [4.69, 9.17) is 15.0 Å². The predicted molar refractivity (Wildman–Crippen MR) is 76.7 cm³/mol. The van der Waals surface area contributed by atoms with Crippen molar-refractivity contribution < 1.29 is 19.2 Å². The average Bonchev–Trinajstić information content (AvgIpc) is 2.46. The van der Waals surface area contributed by atoms with Gasteiger partial charge in [-0.3, -0.25) is 4.79 Å². The summed E-state index contributed by atoms with van der Waals surface area (Å²) in [5, 5.41) is 10.1. The lowest BCUT2D eigenvalue weighted by atomic mass is 9.78. The summed E-state index contributed by atoms with van der Waals surface area (Å²) in [6.07, 6.45) is 0.0945. The summed E-state index contributed by atoms with van der Waals surface area (Å²) >= 11 is 0. The highest BCUT2D eigenvalue weighted by molar-refractivity contribution is 6.63. The van der Waals surface area contributed by atoms with Crippen molar-refractivity contribution in [3.8, 4) is 5.75 Å². The average molecular weight is 277 g/mol. The quantitative estimate of drug-likeness (QED) is 0.797. The Morgan fingerprint density at radius 3 is 2.25 bits per heavy atom. The maximum atomic E-state index is 10.9. The molecule has 0 aromatic heterocycles. The molecule has 0 atom stereocenters. The second kappa shape index (κ2) is 4.79. The minimum atomic E-state index is -0.623. The topological polar surface area (TPSA) is 81.8 Å². The standard InChI is InChI=1S/C14H20BNO4/c1-13(2)14(3,4)20-15(19-13)10-6-5-9(7-11(10)17)8-12(16)18/h5-7,17H,8H2,1-4H3,(H2,16,18). The molecule has 1 heterocycles. The maximum absolute atomic E-state index is 10.9. The van der Waals surface area contributed by atoms with E-state index >= 15 is 0 Å². The first kappa shape index (κ1) is 14.9. The monoisotopic (exact) mass is 277 g/mol. The van der Waals surface area contributed by atoms with Crippen molar-refractivity contribution in [1.29, 1.82) is 0 Å². The molecule has 0 saturated carbocycles. The molecule has 1 aliphatic rings. The number of hydrogen-bond donors (Lipinski definition) is 2. The number of primary amides is 1. The Labute approximate surface area is 119 Å². The van der Waals surface area contributed by atoms with E-state index in [1.807, 2.05) is 27.7 Å². The molecule has 1 saturated heterocycles. The molecule has 0 spiro atoms. The van der Waals surface area contributed by atoms with Crippen LogP contribution in [0.5, 0.6) is 5.75 Å². The second-order valence-electron chi connectivity index (χ2n) is 6.12. The summed E-state index contributed by atoms with van der Waals surface area (Å²) in [6, 6.07) is 4.96. The first-order valence-corrected chi connectivity index (χ1v) is 6.58. The van der Waals surface area contributed by atoms with Gasteiger partial charge in [0.25, 0.3) is 0 Å². The van der Waals surface area contributed by atoms with Gasteiger partial charge in [-0.05, 0) is 39.3 Å². The number of rotatable bonds is 3. The molecule has 1 amide bonds. The normalized spacial score (nSPS) is 20.1. The van der Waals surface area contributed by atoms with Gasteiger partial charge in [0.15, 0.2) is 0 Å². The Morgan fingerprint density at radius 1 is 1.25 bits per heavy atom. The zero-order valence-electron chi connectivity index (χ0n) is 12.3. The Kier molecular flexibility index (Phi) is 3.56. The number of amides is 1. The lowest BCUT2D eigenvalue weighted by Gasteiger charge is -2.32. The van der Waals surface area contributed by atoms with Crippen LogP contribution in [-0.4, -0.2) is 29.3 Å². The molecule has 2 rings (SSSR count). The van der Waals surface area contributed by atoms with E-state index < -0.39 is 24.2 Å². The Bertz CT molecular complexity index is 526. The highest BCUT2D eigenvalue weighted by Gasteiger charge is 2.52. The van der Waals surface area contributed by atoms with Crippen LogP contribution in [0.4, 0.5) is 0 Å². The van der Waals surface area contributed by atoms with E-state index in [1.165, 1.54) is 6.07 Å². The SMILES string of the molecule is CC1(C)OB(c2ccc(CC(N)=O)cc2O)OC1(C)C. The molecule has 1 aliphatic heterocycles. The fourth-order valence-corrected chi connectivity index (χ4v) is 2.07. The Balaban J connectivity index is 2.25. The van der Waals surface area contributed by atoms with Crippen molar-refractivity contribution >= 4 is 18.5 Å². The van der Waals surface area contributed by atoms with Crippen molar-refractivity contribution in [1.82, 2.24) is 0 Å². The summed E-state index contributed by atoms with van der Waals surface area (Å²) in [5.41, 5.74) is 5.43. The molecule has 0 bridgehead atoms. The number of carbonyl (C=O) groups is 1. The lowest BCUT2D eigenvalue weighted by molar-refractivity contribution is -0.117. The molecular formula is C14H20BNO4. The van der Waals surface area contributed by atoms with Crippen LogP contribution in [0, 0.1) is 0 Å². The van der Waals surface area contributed by atoms with Gasteiger partial charge in [0.1, 0.15) is 5.75 Å². The molecule has 1 aromatic carbocycles. The Morgan fingerprint density at radius 2 is 1.80 bits per heavy atom. The highest BCUT2D eigenvalue weighted by Crippen LogP contribution is 2.37. The van der Waals surface area contributed by atoms with Gasteiger partial charge in [0.05, 0.1) is 17.6 Å². The van der Waals surface area contributed by atoms with E-state index in [1.54, 1.807) is 12.1 Å². The smallest absolute Gasteiger partial charge is 0.498 e. The van der Waals surface area contributed by atoms with E-state index in [9.17, 15) is 9.90 Å². The fourth-order valence-electron chi connectivity index (χ4n) is 2.07. The molecule has 6 heteroatoms. The van der Waals surface area contributed by atoms with Gasteiger partial charge in [-0.25, -0.2) is 0 Å². The van der Waals surface area contributed by atoms with Crippen LogP contribution < -0.4 is 11.2 Å². The summed E-state index contributed by atoms with van der Waals surface area (Å²) < 4.78 is 11.8. The molecular weight excluding hydrogens is 257 g/mol. The van der Waals surface area contributed by atoms with Gasteiger partial charge < -0.3 is 20.1 Å².